The van der Waals surface area contributed by atoms with Gasteiger partial charge >= 0.3 is 0 Å². The van der Waals surface area contributed by atoms with Crippen molar-refractivity contribution in [3.8, 4) is 5.75 Å². The molecule has 1 aromatic carbocycles. The molecule has 0 saturated heterocycles. The number of rotatable bonds is 3. The second-order valence-electron chi connectivity index (χ2n) is 2.63. The molecule has 3 heteroatoms. The lowest BCUT2D eigenvalue weighted by Crippen LogP contribution is -1.95. The monoisotopic (exact) mass is 228 g/mol. The second-order valence-corrected chi connectivity index (χ2v) is 3.04. The third-order valence-electron chi connectivity index (χ3n) is 1.64. The summed E-state index contributed by atoms with van der Waals surface area (Å²) < 4.78 is 5.23. The molecular formula is C12H17ClO2. The molecule has 0 N–H and O–H groups in total. The van der Waals surface area contributed by atoms with Gasteiger partial charge in [0.1, 0.15) is 5.75 Å². The quantitative estimate of drug-likeness (QED) is 0.732. The molecule has 0 radical (unpaired) electrons. The standard InChI is InChI=1S/C10H11ClO2.C2H6/c1-3-13-10-5-4-8(7(2)12)6-9(10)11;1-2/h4-6H,3H2,1-2H3;1-2H3. The number of halogens is 1. The first-order chi connectivity index (χ1) is 7.15. The summed E-state index contributed by atoms with van der Waals surface area (Å²) in [5.74, 6) is 0.624. The number of carbonyl (C=O) groups is 1. The number of benzene rings is 1. The van der Waals surface area contributed by atoms with Crippen molar-refractivity contribution in [2.45, 2.75) is 27.7 Å². The van der Waals surface area contributed by atoms with Crippen LogP contribution in [0.4, 0.5) is 0 Å². The van der Waals surface area contributed by atoms with Gasteiger partial charge in [0.2, 0.25) is 0 Å². The summed E-state index contributed by atoms with van der Waals surface area (Å²) in [4.78, 5) is 11.0. The molecule has 0 fully saturated rings. The van der Waals surface area contributed by atoms with Gasteiger partial charge in [0.05, 0.1) is 11.6 Å². The number of Topliss-reactive ketones (excluding diaryl/α,β-unsaturated/α-hetero) is 1. The van der Waals surface area contributed by atoms with E-state index < -0.39 is 0 Å². The van der Waals surface area contributed by atoms with Crippen molar-refractivity contribution in [2.75, 3.05) is 6.61 Å². The Morgan fingerprint density at radius 2 is 2.00 bits per heavy atom. The van der Waals surface area contributed by atoms with E-state index in [1.165, 1.54) is 6.92 Å². The number of hydrogen-bond acceptors (Lipinski definition) is 2. The van der Waals surface area contributed by atoms with Crippen LogP contribution in [0.5, 0.6) is 5.75 Å². The van der Waals surface area contributed by atoms with Crippen LogP contribution in [0.3, 0.4) is 0 Å². The van der Waals surface area contributed by atoms with E-state index in [1.807, 2.05) is 20.8 Å². The lowest BCUT2D eigenvalue weighted by Gasteiger charge is -2.05. The molecule has 0 heterocycles. The number of ketones is 1. The molecular weight excluding hydrogens is 212 g/mol. The number of hydrogen-bond donors (Lipinski definition) is 0. The maximum atomic E-state index is 11.0. The molecule has 1 aromatic rings. The molecule has 2 nitrogen and oxygen atoms in total. The summed E-state index contributed by atoms with van der Waals surface area (Å²) in [5, 5.41) is 0.481. The molecule has 0 bridgehead atoms. The Hall–Kier alpha value is -1.02. The topological polar surface area (TPSA) is 26.3 Å². The maximum Gasteiger partial charge on any atom is 0.159 e. The third kappa shape index (κ3) is 4.34. The molecule has 0 aliphatic rings. The smallest absolute Gasteiger partial charge is 0.159 e. The van der Waals surface area contributed by atoms with Crippen molar-refractivity contribution in [1.29, 1.82) is 0 Å². The molecule has 0 amide bonds. The van der Waals surface area contributed by atoms with Crippen LogP contribution in [0.25, 0.3) is 0 Å². The van der Waals surface area contributed by atoms with E-state index in [9.17, 15) is 4.79 Å². The van der Waals surface area contributed by atoms with Gasteiger partial charge in [0.25, 0.3) is 0 Å². The number of ether oxygens (including phenoxy) is 1. The largest absolute Gasteiger partial charge is 0.492 e. The lowest BCUT2D eigenvalue weighted by molar-refractivity contribution is 0.101. The van der Waals surface area contributed by atoms with E-state index in [1.54, 1.807) is 18.2 Å². The predicted octanol–water partition coefficient (Wildman–Crippen LogP) is 3.97. The fourth-order valence-electron chi connectivity index (χ4n) is 0.992. The van der Waals surface area contributed by atoms with Crippen molar-refractivity contribution in [3.05, 3.63) is 28.8 Å². The summed E-state index contributed by atoms with van der Waals surface area (Å²) >= 11 is 5.88. The van der Waals surface area contributed by atoms with Crippen molar-refractivity contribution < 1.29 is 9.53 Å². The third-order valence-corrected chi connectivity index (χ3v) is 1.93. The van der Waals surface area contributed by atoms with Crippen LogP contribution < -0.4 is 4.74 Å². The molecule has 0 aromatic heterocycles. The Bertz CT molecular complexity index is 321. The van der Waals surface area contributed by atoms with Gasteiger partial charge in [-0.2, -0.15) is 0 Å². The minimum absolute atomic E-state index is 0.00458. The average molecular weight is 229 g/mol. The van der Waals surface area contributed by atoms with Crippen LogP contribution in [-0.2, 0) is 0 Å². The van der Waals surface area contributed by atoms with Crippen LogP contribution in [0.15, 0.2) is 18.2 Å². The van der Waals surface area contributed by atoms with Crippen LogP contribution in [0.2, 0.25) is 5.02 Å². The SMILES string of the molecule is CC.CCOc1ccc(C(C)=O)cc1Cl. The van der Waals surface area contributed by atoms with Gasteiger partial charge in [-0.3, -0.25) is 4.79 Å². The van der Waals surface area contributed by atoms with E-state index in [4.69, 9.17) is 16.3 Å². The van der Waals surface area contributed by atoms with E-state index >= 15 is 0 Å². The minimum atomic E-state index is 0.00458. The Labute approximate surface area is 96.2 Å². The van der Waals surface area contributed by atoms with Crippen molar-refractivity contribution in [1.82, 2.24) is 0 Å². The van der Waals surface area contributed by atoms with Crippen LogP contribution in [-0.4, -0.2) is 12.4 Å². The molecule has 0 spiro atoms. The average Bonchev–Trinajstić information content (AvgIpc) is 2.24. The zero-order valence-electron chi connectivity index (χ0n) is 9.63. The molecule has 1 rings (SSSR count). The normalized spacial score (nSPS) is 8.87. The lowest BCUT2D eigenvalue weighted by atomic mass is 10.1. The maximum absolute atomic E-state index is 11.0. The molecule has 15 heavy (non-hydrogen) atoms. The minimum Gasteiger partial charge on any atom is -0.492 e. The zero-order valence-corrected chi connectivity index (χ0v) is 10.4. The summed E-state index contributed by atoms with van der Waals surface area (Å²) in [6.07, 6.45) is 0. The molecule has 0 atom stereocenters. The van der Waals surface area contributed by atoms with Gasteiger partial charge < -0.3 is 4.74 Å². The second kappa shape index (κ2) is 7.30. The highest BCUT2D eigenvalue weighted by Gasteiger charge is 2.04. The zero-order chi connectivity index (χ0) is 11.8. The fraction of sp³-hybridized carbons (Fsp3) is 0.417. The highest BCUT2D eigenvalue weighted by atomic mass is 35.5. The van der Waals surface area contributed by atoms with Crippen molar-refractivity contribution in [3.63, 3.8) is 0 Å². The number of carbonyl (C=O) groups excluding carboxylic acids is 1. The van der Waals surface area contributed by atoms with E-state index in [0.29, 0.717) is 22.9 Å². The van der Waals surface area contributed by atoms with Crippen LogP contribution >= 0.6 is 11.6 Å². The Balaban J connectivity index is 0.000000921. The fourth-order valence-corrected chi connectivity index (χ4v) is 1.23. The summed E-state index contributed by atoms with van der Waals surface area (Å²) in [5.41, 5.74) is 0.605. The van der Waals surface area contributed by atoms with Crippen LogP contribution in [0, 0.1) is 0 Å². The molecule has 0 aliphatic heterocycles. The van der Waals surface area contributed by atoms with Gasteiger partial charge in [-0.1, -0.05) is 25.4 Å². The van der Waals surface area contributed by atoms with Crippen molar-refractivity contribution in [2.24, 2.45) is 0 Å². The summed E-state index contributed by atoms with van der Waals surface area (Å²) in [7, 11) is 0. The van der Waals surface area contributed by atoms with Gasteiger partial charge in [0, 0.05) is 5.56 Å². The highest BCUT2D eigenvalue weighted by molar-refractivity contribution is 6.32. The first kappa shape index (κ1) is 14.0. The van der Waals surface area contributed by atoms with Gasteiger partial charge in [-0.05, 0) is 32.0 Å². The molecule has 0 unspecified atom stereocenters. The first-order valence-electron chi connectivity index (χ1n) is 5.08. The van der Waals surface area contributed by atoms with E-state index in [2.05, 4.69) is 0 Å². The first-order valence-corrected chi connectivity index (χ1v) is 5.46. The van der Waals surface area contributed by atoms with Gasteiger partial charge in [0.15, 0.2) is 5.78 Å². The Morgan fingerprint density at radius 1 is 1.40 bits per heavy atom. The predicted molar refractivity (Wildman–Crippen MR) is 64.0 cm³/mol. The Morgan fingerprint density at radius 3 is 2.40 bits per heavy atom. The summed E-state index contributed by atoms with van der Waals surface area (Å²) in [6, 6.07) is 5.04. The van der Waals surface area contributed by atoms with E-state index in [-0.39, 0.29) is 5.78 Å². The summed E-state index contributed by atoms with van der Waals surface area (Å²) in [6.45, 7) is 7.96. The van der Waals surface area contributed by atoms with Gasteiger partial charge in [-0.15, -0.1) is 0 Å². The molecule has 0 aliphatic carbocycles. The van der Waals surface area contributed by atoms with Crippen LogP contribution in [0.1, 0.15) is 38.1 Å². The molecule has 84 valence electrons. The van der Waals surface area contributed by atoms with Gasteiger partial charge in [-0.25, -0.2) is 0 Å². The molecule has 0 saturated carbocycles. The Kier molecular flexibility index (Phi) is 6.80. The van der Waals surface area contributed by atoms with E-state index in [0.717, 1.165) is 0 Å². The highest BCUT2D eigenvalue weighted by Crippen LogP contribution is 2.25. The van der Waals surface area contributed by atoms with Crippen molar-refractivity contribution >= 4 is 17.4 Å².